The summed E-state index contributed by atoms with van der Waals surface area (Å²) in [5.41, 5.74) is 0. The van der Waals surface area contributed by atoms with Gasteiger partial charge in [0.05, 0.1) is 0 Å². The summed E-state index contributed by atoms with van der Waals surface area (Å²) < 4.78 is 0. The van der Waals surface area contributed by atoms with Crippen LogP contribution in [0.2, 0.25) is 0 Å². The van der Waals surface area contributed by atoms with Gasteiger partial charge in [0.15, 0.2) is 0 Å². The third kappa shape index (κ3) is 14.6. The lowest BCUT2D eigenvalue weighted by molar-refractivity contribution is 0.564. The summed E-state index contributed by atoms with van der Waals surface area (Å²) in [4.78, 5) is 9.83. The minimum Gasteiger partial charge on any atom is -0.286 e. The van der Waals surface area contributed by atoms with Crippen molar-refractivity contribution in [1.29, 1.82) is 0 Å². The average Bonchev–Trinajstić information content (AvgIpc) is 2.35. The minimum atomic E-state index is 1.16. The molecule has 0 rings (SSSR count). The van der Waals surface area contributed by atoms with E-state index < -0.39 is 0 Å². The molecule has 1 radical (unpaired) electrons. The van der Waals surface area contributed by atoms with Crippen molar-refractivity contribution < 1.29 is 4.79 Å². The molecule has 0 aromatic heterocycles. The molecule has 0 aromatic rings. The van der Waals surface area contributed by atoms with Gasteiger partial charge in [-0.15, -0.1) is 0 Å². The first kappa shape index (κ1) is 15.6. The Balaban J connectivity index is 3.40. The Morgan fingerprint density at radius 2 is 1.47 bits per heavy atom. The van der Waals surface area contributed by atoms with Crippen LogP contribution in [0.4, 0.5) is 0 Å². The van der Waals surface area contributed by atoms with Crippen molar-refractivity contribution in [1.82, 2.24) is 0 Å². The fourth-order valence-corrected chi connectivity index (χ4v) is 1.39. The smallest absolute Gasteiger partial charge is 0.225 e. The van der Waals surface area contributed by atoms with Gasteiger partial charge in [-0.3, -0.25) is 4.79 Å². The van der Waals surface area contributed by atoms with Gasteiger partial charge in [0, 0.05) is 0 Å². The molecule has 0 heterocycles. The molecule has 0 unspecified atom stereocenters. The lowest BCUT2D eigenvalue weighted by Crippen LogP contribution is -1.75. The highest BCUT2D eigenvalue weighted by Gasteiger charge is 1.85. The number of rotatable bonds is 10. The van der Waals surface area contributed by atoms with Crippen LogP contribution in [0, 0.1) is 0 Å². The molecule has 93 valence electrons. The molecule has 0 saturated heterocycles. The Labute approximate surface area is 106 Å². The summed E-state index contributed by atoms with van der Waals surface area (Å²) in [6.07, 6.45) is 24.4. The third-order valence-electron chi connectivity index (χ3n) is 2.33. The van der Waals surface area contributed by atoms with E-state index >= 15 is 0 Å². The maximum atomic E-state index is 9.83. The van der Waals surface area contributed by atoms with Crippen LogP contribution in [0.25, 0.3) is 0 Å². The van der Waals surface area contributed by atoms with Crippen molar-refractivity contribution in [3.05, 3.63) is 48.6 Å². The fourth-order valence-electron chi connectivity index (χ4n) is 1.39. The monoisotopic (exact) mass is 231 g/mol. The maximum absolute atomic E-state index is 9.83. The van der Waals surface area contributed by atoms with Crippen molar-refractivity contribution in [3.8, 4) is 0 Å². The first-order chi connectivity index (χ1) is 8.41. The molecular weight excluding hydrogens is 208 g/mol. The summed E-state index contributed by atoms with van der Waals surface area (Å²) >= 11 is 0. The lowest BCUT2D eigenvalue weighted by atomic mass is 10.1. The highest BCUT2D eigenvalue weighted by molar-refractivity contribution is 5.66. The fraction of sp³-hybridized carbons (Fsp3) is 0.438. The van der Waals surface area contributed by atoms with Crippen molar-refractivity contribution in [3.63, 3.8) is 0 Å². The Morgan fingerprint density at radius 3 is 2.18 bits per heavy atom. The van der Waals surface area contributed by atoms with E-state index in [1.54, 1.807) is 18.4 Å². The predicted octanol–water partition coefficient (Wildman–Crippen LogP) is 4.68. The van der Waals surface area contributed by atoms with Crippen LogP contribution in [0.1, 0.15) is 45.4 Å². The van der Waals surface area contributed by atoms with Gasteiger partial charge in [0.25, 0.3) is 0 Å². The van der Waals surface area contributed by atoms with Gasteiger partial charge in [0.2, 0.25) is 6.29 Å². The molecule has 0 aliphatic heterocycles. The van der Waals surface area contributed by atoms with E-state index in [2.05, 4.69) is 19.1 Å². The van der Waals surface area contributed by atoms with E-state index in [1.807, 2.05) is 18.2 Å². The Morgan fingerprint density at radius 1 is 0.824 bits per heavy atom. The molecule has 0 N–H and O–H groups in total. The highest BCUT2D eigenvalue weighted by atomic mass is 16.1. The van der Waals surface area contributed by atoms with Crippen molar-refractivity contribution in [2.45, 2.75) is 45.4 Å². The zero-order valence-electron chi connectivity index (χ0n) is 10.8. The largest absolute Gasteiger partial charge is 0.286 e. The van der Waals surface area contributed by atoms with Crippen molar-refractivity contribution >= 4 is 6.29 Å². The lowest BCUT2D eigenvalue weighted by Gasteiger charge is -1.95. The molecule has 0 fully saturated rings. The van der Waals surface area contributed by atoms with Gasteiger partial charge in [-0.2, -0.15) is 0 Å². The SMILES string of the molecule is CCCCCCCC=CC=CC=CC=C[C]=O. The zero-order chi connectivity index (χ0) is 12.6. The van der Waals surface area contributed by atoms with E-state index in [1.165, 1.54) is 38.2 Å². The van der Waals surface area contributed by atoms with Crippen molar-refractivity contribution in [2.75, 3.05) is 0 Å². The first-order valence-corrected chi connectivity index (χ1v) is 6.44. The number of allylic oxidation sites excluding steroid dienone is 8. The van der Waals surface area contributed by atoms with Gasteiger partial charge >= 0.3 is 0 Å². The van der Waals surface area contributed by atoms with Crippen LogP contribution >= 0.6 is 0 Å². The molecule has 1 heteroatoms. The maximum Gasteiger partial charge on any atom is 0.225 e. The molecule has 1 nitrogen and oxygen atoms in total. The molecule has 0 aliphatic rings. The zero-order valence-corrected chi connectivity index (χ0v) is 10.8. The Hall–Kier alpha value is -1.37. The summed E-state index contributed by atoms with van der Waals surface area (Å²) in [5, 5.41) is 0. The van der Waals surface area contributed by atoms with Crippen LogP contribution in [-0.4, -0.2) is 6.29 Å². The normalized spacial score (nSPS) is 12.5. The summed E-state index contributed by atoms with van der Waals surface area (Å²) in [5.74, 6) is 0. The molecule has 0 bridgehead atoms. The standard InChI is InChI=1S/C16H23O/c1-2-3-4-5-6-7-8-9-10-11-12-13-14-15-16-17/h8-15H,2-7H2,1H3. The number of hydrogen-bond donors (Lipinski definition) is 0. The van der Waals surface area contributed by atoms with E-state index in [9.17, 15) is 4.79 Å². The van der Waals surface area contributed by atoms with Crippen molar-refractivity contribution in [2.24, 2.45) is 0 Å². The molecule has 0 amide bonds. The molecule has 0 aromatic carbocycles. The van der Waals surface area contributed by atoms with Crippen LogP contribution in [0.15, 0.2) is 48.6 Å². The van der Waals surface area contributed by atoms with E-state index in [0.29, 0.717) is 0 Å². The third-order valence-corrected chi connectivity index (χ3v) is 2.33. The number of hydrogen-bond acceptors (Lipinski definition) is 1. The second-order valence-electron chi connectivity index (χ2n) is 3.88. The van der Waals surface area contributed by atoms with E-state index in [4.69, 9.17) is 0 Å². The quantitative estimate of drug-likeness (QED) is 0.303. The molecular formula is C16H23O. The highest BCUT2D eigenvalue weighted by Crippen LogP contribution is 2.05. The second-order valence-corrected chi connectivity index (χ2v) is 3.88. The van der Waals surface area contributed by atoms with E-state index in [-0.39, 0.29) is 0 Å². The minimum absolute atomic E-state index is 1.16. The number of unbranched alkanes of at least 4 members (excludes halogenated alkanes) is 5. The van der Waals surface area contributed by atoms with Gasteiger partial charge in [0.1, 0.15) is 0 Å². The summed E-state index contributed by atoms with van der Waals surface area (Å²) in [7, 11) is 0. The van der Waals surface area contributed by atoms with Gasteiger partial charge in [-0.25, -0.2) is 0 Å². The molecule has 0 atom stereocenters. The Bertz CT molecular complexity index is 269. The van der Waals surface area contributed by atoms with Gasteiger partial charge < -0.3 is 0 Å². The van der Waals surface area contributed by atoms with Crippen LogP contribution in [-0.2, 0) is 4.79 Å². The second kappa shape index (κ2) is 14.6. The van der Waals surface area contributed by atoms with E-state index in [0.717, 1.165) is 6.42 Å². The van der Waals surface area contributed by atoms with Crippen LogP contribution < -0.4 is 0 Å². The Kier molecular flexibility index (Phi) is 13.5. The van der Waals surface area contributed by atoms with Gasteiger partial charge in [-0.1, -0.05) is 75.1 Å². The average molecular weight is 231 g/mol. The van der Waals surface area contributed by atoms with Gasteiger partial charge in [-0.05, 0) is 18.9 Å². The summed E-state index contributed by atoms with van der Waals surface area (Å²) in [6.45, 7) is 2.24. The first-order valence-electron chi connectivity index (χ1n) is 6.44. The molecule has 0 saturated carbocycles. The molecule has 17 heavy (non-hydrogen) atoms. The summed E-state index contributed by atoms with van der Waals surface area (Å²) in [6, 6.07) is 0. The topological polar surface area (TPSA) is 17.1 Å². The van der Waals surface area contributed by atoms with Crippen LogP contribution in [0.5, 0.6) is 0 Å². The number of carbonyl (C=O) groups excluding carboxylic acids is 1. The predicted molar refractivity (Wildman–Crippen MR) is 75.6 cm³/mol. The molecule has 0 spiro atoms. The molecule has 0 aliphatic carbocycles. The van der Waals surface area contributed by atoms with Crippen LogP contribution in [0.3, 0.4) is 0 Å².